The molecule has 2 aromatic rings. The molecule has 0 fully saturated rings. The zero-order valence-corrected chi connectivity index (χ0v) is 14.5. The van der Waals surface area contributed by atoms with Gasteiger partial charge in [0.2, 0.25) is 0 Å². The Balaban J connectivity index is 1.74. The van der Waals surface area contributed by atoms with Gasteiger partial charge in [0.25, 0.3) is 0 Å². The third-order valence-corrected chi connectivity index (χ3v) is 4.86. The summed E-state index contributed by atoms with van der Waals surface area (Å²) in [5.74, 6) is 1.63. The zero-order valence-electron chi connectivity index (χ0n) is 13.7. The van der Waals surface area contributed by atoms with E-state index in [1.54, 1.807) is 7.11 Å². The fourth-order valence-electron chi connectivity index (χ4n) is 3.40. The lowest BCUT2D eigenvalue weighted by Crippen LogP contribution is -2.39. The van der Waals surface area contributed by atoms with Gasteiger partial charge in [0.1, 0.15) is 0 Å². The molecule has 0 aromatic heterocycles. The van der Waals surface area contributed by atoms with Crippen LogP contribution in [0, 0.1) is 0 Å². The van der Waals surface area contributed by atoms with Gasteiger partial charge in [-0.15, -0.1) is 0 Å². The molecular weight excluding hydrogens is 324 g/mol. The van der Waals surface area contributed by atoms with Crippen LogP contribution in [0.15, 0.2) is 47.6 Å². The molecule has 2 atom stereocenters. The molecular formula is C19H19ClN2O2. The van der Waals surface area contributed by atoms with Gasteiger partial charge in [-0.25, -0.2) is 0 Å². The monoisotopic (exact) mass is 342 g/mol. The van der Waals surface area contributed by atoms with E-state index in [0.717, 1.165) is 46.2 Å². The Morgan fingerprint density at radius 1 is 1.25 bits per heavy atom. The van der Waals surface area contributed by atoms with Gasteiger partial charge in [-0.05, 0) is 23.8 Å². The summed E-state index contributed by atoms with van der Waals surface area (Å²) in [4.78, 5) is 0. The SMILES string of the molecule is CC[C@H]1Oc2c(OC)cccc2[C@@H]2CC(c3ccc(Cl)cc3)=NN12. The number of benzene rings is 2. The van der Waals surface area contributed by atoms with E-state index in [1.165, 1.54) is 0 Å². The fraction of sp³-hybridized carbons (Fsp3) is 0.316. The minimum atomic E-state index is -0.0800. The van der Waals surface area contributed by atoms with E-state index in [4.69, 9.17) is 26.2 Å². The summed E-state index contributed by atoms with van der Waals surface area (Å²) >= 11 is 6.00. The summed E-state index contributed by atoms with van der Waals surface area (Å²) in [6.45, 7) is 2.11. The summed E-state index contributed by atoms with van der Waals surface area (Å²) in [6.07, 6.45) is 1.62. The molecule has 4 nitrogen and oxygen atoms in total. The summed E-state index contributed by atoms with van der Waals surface area (Å²) in [5, 5.41) is 7.68. The zero-order chi connectivity index (χ0) is 16.7. The Morgan fingerprint density at radius 2 is 2.04 bits per heavy atom. The number of halogens is 1. The second-order valence-electron chi connectivity index (χ2n) is 6.01. The summed E-state index contributed by atoms with van der Waals surface area (Å²) in [5.41, 5.74) is 3.30. The standard InChI is InChI=1S/C19H19ClN2O2/c1-3-18-22-16(14-5-4-6-17(23-2)19(14)24-18)11-15(21-22)12-7-9-13(20)10-8-12/h4-10,16,18H,3,11H2,1-2H3/t16-,18+/m0/s1. The average Bonchev–Trinajstić information content (AvgIpc) is 3.06. The molecule has 0 spiro atoms. The van der Waals surface area contributed by atoms with E-state index in [1.807, 2.05) is 36.4 Å². The van der Waals surface area contributed by atoms with Crippen LogP contribution in [-0.2, 0) is 0 Å². The van der Waals surface area contributed by atoms with Crippen molar-refractivity contribution in [3.05, 3.63) is 58.6 Å². The first kappa shape index (κ1) is 15.3. The third kappa shape index (κ3) is 2.42. The second-order valence-corrected chi connectivity index (χ2v) is 6.45. The van der Waals surface area contributed by atoms with Crippen molar-refractivity contribution >= 4 is 17.3 Å². The predicted molar refractivity (Wildman–Crippen MR) is 94.9 cm³/mol. The average molecular weight is 343 g/mol. The Labute approximate surface area is 146 Å². The molecule has 0 radical (unpaired) electrons. The number of nitrogens with zero attached hydrogens (tertiary/aromatic N) is 2. The van der Waals surface area contributed by atoms with Gasteiger partial charge in [-0.1, -0.05) is 42.8 Å². The van der Waals surface area contributed by atoms with Crippen molar-refractivity contribution in [3.63, 3.8) is 0 Å². The first-order valence-corrected chi connectivity index (χ1v) is 8.54. The highest BCUT2D eigenvalue weighted by Crippen LogP contribution is 2.47. The van der Waals surface area contributed by atoms with Gasteiger partial charge >= 0.3 is 0 Å². The van der Waals surface area contributed by atoms with Crippen molar-refractivity contribution in [1.82, 2.24) is 5.01 Å². The van der Waals surface area contributed by atoms with Crippen molar-refractivity contribution in [1.29, 1.82) is 0 Å². The normalized spacial score (nSPS) is 21.6. The lowest BCUT2D eigenvalue weighted by molar-refractivity contribution is -0.0206. The highest BCUT2D eigenvalue weighted by atomic mass is 35.5. The number of rotatable bonds is 3. The van der Waals surface area contributed by atoms with Gasteiger partial charge in [0, 0.05) is 23.4 Å². The van der Waals surface area contributed by atoms with Gasteiger partial charge in [0.15, 0.2) is 17.7 Å². The molecule has 2 aromatic carbocycles. The Kier molecular flexibility index (Phi) is 3.85. The van der Waals surface area contributed by atoms with Crippen LogP contribution in [0.3, 0.4) is 0 Å². The fourth-order valence-corrected chi connectivity index (χ4v) is 3.53. The molecule has 5 heteroatoms. The summed E-state index contributed by atoms with van der Waals surface area (Å²) in [7, 11) is 1.68. The second kappa shape index (κ2) is 6.02. The topological polar surface area (TPSA) is 34.1 Å². The van der Waals surface area contributed by atoms with Crippen molar-refractivity contribution in [2.45, 2.75) is 32.0 Å². The van der Waals surface area contributed by atoms with Crippen molar-refractivity contribution < 1.29 is 9.47 Å². The molecule has 0 unspecified atom stereocenters. The quantitative estimate of drug-likeness (QED) is 0.815. The number of fused-ring (bicyclic) bond motifs is 3. The molecule has 4 rings (SSSR count). The number of hydrogen-bond acceptors (Lipinski definition) is 4. The number of para-hydroxylation sites is 1. The first-order chi connectivity index (χ1) is 11.7. The van der Waals surface area contributed by atoms with E-state index in [-0.39, 0.29) is 12.3 Å². The molecule has 0 amide bonds. The van der Waals surface area contributed by atoms with Crippen LogP contribution in [0.25, 0.3) is 0 Å². The third-order valence-electron chi connectivity index (χ3n) is 4.61. The molecule has 0 aliphatic carbocycles. The maximum Gasteiger partial charge on any atom is 0.187 e. The molecule has 2 aliphatic heterocycles. The van der Waals surface area contributed by atoms with Gasteiger partial charge in [-0.3, -0.25) is 5.01 Å². The van der Waals surface area contributed by atoms with Crippen LogP contribution >= 0.6 is 11.6 Å². The minimum absolute atomic E-state index is 0.0800. The number of hydrogen-bond donors (Lipinski definition) is 0. The van der Waals surface area contributed by atoms with Crippen LogP contribution in [-0.4, -0.2) is 24.1 Å². The molecule has 0 saturated carbocycles. The van der Waals surface area contributed by atoms with Crippen LogP contribution in [0.5, 0.6) is 11.5 Å². The molecule has 0 saturated heterocycles. The lowest BCUT2D eigenvalue weighted by atomic mass is 9.96. The minimum Gasteiger partial charge on any atom is -0.493 e. The lowest BCUT2D eigenvalue weighted by Gasteiger charge is -2.38. The van der Waals surface area contributed by atoms with Gasteiger partial charge in [0.05, 0.1) is 18.9 Å². The Hall–Kier alpha value is -2.20. The first-order valence-electron chi connectivity index (χ1n) is 8.16. The smallest absolute Gasteiger partial charge is 0.187 e. The molecule has 124 valence electrons. The van der Waals surface area contributed by atoms with E-state index in [9.17, 15) is 0 Å². The van der Waals surface area contributed by atoms with E-state index >= 15 is 0 Å². The molecule has 2 aliphatic rings. The van der Waals surface area contributed by atoms with Gasteiger partial charge in [-0.2, -0.15) is 5.10 Å². The highest BCUT2D eigenvalue weighted by Gasteiger charge is 2.40. The Morgan fingerprint density at radius 3 is 2.75 bits per heavy atom. The number of hydrazone groups is 1. The number of methoxy groups -OCH3 is 1. The Bertz CT molecular complexity index is 788. The maximum atomic E-state index is 6.19. The molecule has 2 heterocycles. The number of ether oxygens (including phenoxy) is 2. The van der Waals surface area contributed by atoms with Crippen molar-refractivity contribution in [2.24, 2.45) is 5.10 Å². The molecule has 0 N–H and O–H groups in total. The predicted octanol–water partition coefficient (Wildman–Crippen LogP) is 4.63. The summed E-state index contributed by atoms with van der Waals surface area (Å²) in [6, 6.07) is 14.1. The maximum absolute atomic E-state index is 6.19. The van der Waals surface area contributed by atoms with Crippen LogP contribution in [0.1, 0.15) is 36.9 Å². The van der Waals surface area contributed by atoms with Crippen molar-refractivity contribution in [2.75, 3.05) is 7.11 Å². The largest absolute Gasteiger partial charge is 0.493 e. The van der Waals surface area contributed by atoms with E-state index < -0.39 is 0 Å². The molecule has 0 bridgehead atoms. The van der Waals surface area contributed by atoms with E-state index in [2.05, 4.69) is 18.0 Å². The van der Waals surface area contributed by atoms with Gasteiger partial charge < -0.3 is 9.47 Å². The van der Waals surface area contributed by atoms with Crippen LogP contribution in [0.4, 0.5) is 0 Å². The van der Waals surface area contributed by atoms with E-state index in [0.29, 0.717) is 0 Å². The summed E-state index contributed by atoms with van der Waals surface area (Å²) < 4.78 is 11.7. The van der Waals surface area contributed by atoms with Crippen LogP contribution < -0.4 is 9.47 Å². The van der Waals surface area contributed by atoms with Crippen molar-refractivity contribution in [3.8, 4) is 11.5 Å². The van der Waals surface area contributed by atoms with Crippen LogP contribution in [0.2, 0.25) is 5.02 Å². The highest BCUT2D eigenvalue weighted by molar-refractivity contribution is 6.30. The molecule has 24 heavy (non-hydrogen) atoms.